The van der Waals surface area contributed by atoms with Crippen LogP contribution in [-0.2, 0) is 11.3 Å². The Kier molecular flexibility index (Phi) is 6.42. The highest BCUT2D eigenvalue weighted by atomic mass is 79.9. The predicted molar refractivity (Wildman–Crippen MR) is 114 cm³/mol. The van der Waals surface area contributed by atoms with Crippen LogP contribution in [0.4, 0.5) is 4.79 Å². The Morgan fingerprint density at radius 1 is 1.15 bits per heavy atom. The SMILES string of the molecule is C#CCOc1ccc(/C=C2\SC(=O)N(Cc3ccc(Br)cc3)C2=O)cc1Br. The number of carbonyl (C=O) groups excluding carboxylic acids is 2. The summed E-state index contributed by atoms with van der Waals surface area (Å²) in [6.07, 6.45) is 6.89. The molecule has 136 valence electrons. The molecule has 0 spiro atoms. The normalized spacial score (nSPS) is 15.3. The number of halogens is 2. The molecule has 2 aromatic rings. The van der Waals surface area contributed by atoms with E-state index in [1.807, 2.05) is 30.3 Å². The second-order valence-electron chi connectivity index (χ2n) is 5.58. The van der Waals surface area contributed by atoms with Crippen molar-refractivity contribution in [3.05, 3.63) is 67.4 Å². The molecule has 0 aromatic heterocycles. The van der Waals surface area contributed by atoms with Gasteiger partial charge in [0.1, 0.15) is 12.4 Å². The maximum Gasteiger partial charge on any atom is 0.293 e. The van der Waals surface area contributed by atoms with E-state index in [4.69, 9.17) is 11.2 Å². The van der Waals surface area contributed by atoms with Gasteiger partial charge >= 0.3 is 0 Å². The zero-order valence-corrected chi connectivity index (χ0v) is 17.9. The van der Waals surface area contributed by atoms with Crippen LogP contribution in [-0.4, -0.2) is 22.7 Å². The minimum absolute atomic E-state index is 0.174. The molecule has 0 unspecified atom stereocenters. The van der Waals surface area contributed by atoms with Crippen LogP contribution in [0.25, 0.3) is 6.08 Å². The molecule has 0 radical (unpaired) electrons. The van der Waals surface area contributed by atoms with Gasteiger partial charge < -0.3 is 4.74 Å². The van der Waals surface area contributed by atoms with Gasteiger partial charge in [-0.25, -0.2) is 0 Å². The van der Waals surface area contributed by atoms with E-state index < -0.39 is 0 Å². The van der Waals surface area contributed by atoms with Crippen LogP contribution in [0.1, 0.15) is 11.1 Å². The van der Waals surface area contributed by atoms with Gasteiger partial charge in [0.05, 0.1) is 15.9 Å². The van der Waals surface area contributed by atoms with Crippen molar-refractivity contribution >= 4 is 60.8 Å². The summed E-state index contributed by atoms with van der Waals surface area (Å²) in [5.41, 5.74) is 1.67. The Morgan fingerprint density at radius 3 is 2.56 bits per heavy atom. The number of thioether (sulfide) groups is 1. The highest BCUT2D eigenvalue weighted by Gasteiger charge is 2.34. The van der Waals surface area contributed by atoms with Crippen molar-refractivity contribution < 1.29 is 14.3 Å². The summed E-state index contributed by atoms with van der Waals surface area (Å²) < 4.78 is 7.07. The lowest BCUT2D eigenvalue weighted by Gasteiger charge is -2.12. The van der Waals surface area contributed by atoms with Crippen LogP contribution in [0.2, 0.25) is 0 Å². The highest BCUT2D eigenvalue weighted by Crippen LogP contribution is 2.34. The number of carbonyl (C=O) groups is 2. The van der Waals surface area contributed by atoms with Crippen molar-refractivity contribution in [2.45, 2.75) is 6.54 Å². The molecule has 4 nitrogen and oxygen atoms in total. The fourth-order valence-electron chi connectivity index (χ4n) is 2.40. The fraction of sp³-hybridized carbons (Fsp3) is 0.100. The topological polar surface area (TPSA) is 46.6 Å². The average molecular weight is 507 g/mol. The van der Waals surface area contributed by atoms with Crippen LogP contribution in [0.3, 0.4) is 0 Å². The van der Waals surface area contributed by atoms with Crippen molar-refractivity contribution in [3.63, 3.8) is 0 Å². The first kappa shape index (κ1) is 19.7. The number of rotatable bonds is 5. The number of ether oxygens (including phenoxy) is 1. The summed E-state index contributed by atoms with van der Waals surface area (Å²) in [5.74, 6) is 2.73. The summed E-state index contributed by atoms with van der Waals surface area (Å²) >= 11 is 7.73. The average Bonchev–Trinajstić information content (AvgIpc) is 2.90. The molecular weight excluding hydrogens is 494 g/mol. The highest BCUT2D eigenvalue weighted by molar-refractivity contribution is 9.10. The quantitative estimate of drug-likeness (QED) is 0.399. The molecule has 0 N–H and O–H groups in total. The van der Waals surface area contributed by atoms with Gasteiger partial charge in [-0.05, 0) is 69.2 Å². The minimum Gasteiger partial charge on any atom is -0.480 e. The van der Waals surface area contributed by atoms with E-state index in [1.165, 1.54) is 4.90 Å². The smallest absolute Gasteiger partial charge is 0.293 e. The number of hydrogen-bond acceptors (Lipinski definition) is 4. The van der Waals surface area contributed by atoms with Crippen LogP contribution in [0.5, 0.6) is 5.75 Å². The van der Waals surface area contributed by atoms with E-state index in [9.17, 15) is 9.59 Å². The number of amides is 2. The van der Waals surface area contributed by atoms with Gasteiger partial charge in [-0.15, -0.1) is 6.42 Å². The molecule has 0 saturated carbocycles. The lowest BCUT2D eigenvalue weighted by Crippen LogP contribution is -2.27. The first-order valence-electron chi connectivity index (χ1n) is 7.83. The summed E-state index contributed by atoms with van der Waals surface area (Å²) in [6, 6.07) is 12.9. The number of imide groups is 1. The van der Waals surface area contributed by atoms with Gasteiger partial charge in [0.2, 0.25) is 0 Å². The van der Waals surface area contributed by atoms with E-state index in [0.29, 0.717) is 10.7 Å². The Hall–Kier alpha value is -2.01. The molecule has 0 aliphatic carbocycles. The predicted octanol–water partition coefficient (Wildman–Crippen LogP) is 5.46. The summed E-state index contributed by atoms with van der Waals surface area (Å²) in [6.45, 7) is 0.421. The molecule has 2 aromatic carbocycles. The fourth-order valence-corrected chi connectivity index (χ4v) is 4.02. The standard InChI is InChI=1S/C20H13Br2NO3S/c1-2-9-26-17-8-5-14(10-16(17)22)11-18-19(24)23(20(25)27-18)12-13-3-6-15(21)7-4-13/h1,3-8,10-11H,9,12H2/b18-11-. The zero-order valence-electron chi connectivity index (χ0n) is 13.9. The van der Waals surface area contributed by atoms with Crippen molar-refractivity contribution in [3.8, 4) is 18.1 Å². The lowest BCUT2D eigenvalue weighted by molar-refractivity contribution is -0.123. The second kappa shape index (κ2) is 8.79. The maximum atomic E-state index is 12.6. The van der Waals surface area contributed by atoms with Gasteiger partial charge in [-0.3, -0.25) is 14.5 Å². The second-order valence-corrected chi connectivity index (χ2v) is 8.34. The van der Waals surface area contributed by atoms with E-state index in [0.717, 1.165) is 31.8 Å². The molecule has 1 aliphatic rings. The molecule has 1 saturated heterocycles. The molecule has 0 atom stereocenters. The van der Waals surface area contributed by atoms with Crippen molar-refractivity contribution in [2.24, 2.45) is 0 Å². The van der Waals surface area contributed by atoms with E-state index in [-0.39, 0.29) is 24.3 Å². The molecule has 1 fully saturated rings. The van der Waals surface area contributed by atoms with Gasteiger partial charge in [0.15, 0.2) is 0 Å². The first-order chi connectivity index (χ1) is 13.0. The zero-order chi connectivity index (χ0) is 19.4. The third kappa shape index (κ3) is 4.83. The monoisotopic (exact) mass is 505 g/mol. The summed E-state index contributed by atoms with van der Waals surface area (Å²) in [4.78, 5) is 26.5. The molecule has 7 heteroatoms. The Labute approximate surface area is 178 Å². The maximum absolute atomic E-state index is 12.6. The first-order valence-corrected chi connectivity index (χ1v) is 10.2. The Bertz CT molecular complexity index is 964. The molecule has 27 heavy (non-hydrogen) atoms. The third-order valence-corrected chi connectivity index (χ3v) is 5.75. The van der Waals surface area contributed by atoms with Crippen LogP contribution < -0.4 is 4.74 Å². The largest absolute Gasteiger partial charge is 0.480 e. The summed E-state index contributed by atoms with van der Waals surface area (Å²) in [5, 5.41) is -0.276. The number of hydrogen-bond donors (Lipinski definition) is 0. The van der Waals surface area contributed by atoms with Crippen LogP contribution in [0.15, 0.2) is 56.3 Å². The van der Waals surface area contributed by atoms with E-state index in [2.05, 4.69) is 37.8 Å². The third-order valence-electron chi connectivity index (χ3n) is 3.69. The molecule has 3 rings (SSSR count). The van der Waals surface area contributed by atoms with Crippen molar-refractivity contribution in [2.75, 3.05) is 6.61 Å². The van der Waals surface area contributed by atoms with Gasteiger partial charge in [0, 0.05) is 4.47 Å². The molecule has 2 amide bonds. The van der Waals surface area contributed by atoms with Crippen molar-refractivity contribution in [1.29, 1.82) is 0 Å². The number of terminal acetylenes is 1. The van der Waals surface area contributed by atoms with Gasteiger partial charge in [-0.2, -0.15) is 0 Å². The Balaban J connectivity index is 1.76. The molecule has 1 aliphatic heterocycles. The lowest BCUT2D eigenvalue weighted by atomic mass is 10.2. The van der Waals surface area contributed by atoms with Crippen molar-refractivity contribution in [1.82, 2.24) is 4.90 Å². The minimum atomic E-state index is -0.295. The molecular formula is C20H13Br2NO3S. The molecule has 0 bridgehead atoms. The van der Waals surface area contributed by atoms with E-state index >= 15 is 0 Å². The number of benzene rings is 2. The van der Waals surface area contributed by atoms with Crippen LogP contribution in [0, 0.1) is 12.3 Å². The van der Waals surface area contributed by atoms with Gasteiger partial charge in [0.25, 0.3) is 11.1 Å². The molecule has 1 heterocycles. The number of nitrogens with zero attached hydrogens (tertiary/aromatic N) is 1. The van der Waals surface area contributed by atoms with Crippen LogP contribution >= 0.6 is 43.6 Å². The van der Waals surface area contributed by atoms with E-state index in [1.54, 1.807) is 18.2 Å². The van der Waals surface area contributed by atoms with Gasteiger partial charge in [-0.1, -0.05) is 40.0 Å². The summed E-state index contributed by atoms with van der Waals surface area (Å²) in [7, 11) is 0. The Morgan fingerprint density at radius 2 is 1.89 bits per heavy atom.